The summed E-state index contributed by atoms with van der Waals surface area (Å²) in [5, 5.41) is 0.538. The number of anilines is 1. The van der Waals surface area contributed by atoms with E-state index in [9.17, 15) is 17.6 Å². The van der Waals surface area contributed by atoms with Gasteiger partial charge in [-0.3, -0.25) is 9.69 Å². The fourth-order valence-corrected chi connectivity index (χ4v) is 5.59. The van der Waals surface area contributed by atoms with Gasteiger partial charge >= 0.3 is 0 Å². The first-order valence-electron chi connectivity index (χ1n) is 9.68. The van der Waals surface area contributed by atoms with E-state index < -0.39 is 15.7 Å². The number of ether oxygens (including phenoxy) is 1. The first-order valence-corrected chi connectivity index (χ1v) is 12.2. The molecule has 0 radical (unpaired) electrons. The number of hydrogen-bond donors (Lipinski definition) is 0. The maximum absolute atomic E-state index is 13.1. The molecule has 1 fully saturated rings. The van der Waals surface area contributed by atoms with Crippen LogP contribution in [0, 0.1) is 5.82 Å². The highest BCUT2D eigenvalue weighted by Crippen LogP contribution is 2.30. The van der Waals surface area contributed by atoms with Crippen LogP contribution >= 0.6 is 11.3 Å². The third kappa shape index (κ3) is 4.69. The number of benzene rings is 2. The zero-order valence-electron chi connectivity index (χ0n) is 16.2. The normalized spacial score (nSPS) is 16.8. The molecule has 0 N–H and O–H groups in total. The molecule has 1 atom stereocenters. The highest BCUT2D eigenvalue weighted by molar-refractivity contribution is 7.91. The summed E-state index contributed by atoms with van der Waals surface area (Å²) in [5.74, 6) is -1.19. The third-order valence-electron chi connectivity index (χ3n) is 4.98. The second kappa shape index (κ2) is 8.79. The van der Waals surface area contributed by atoms with Gasteiger partial charge in [-0.25, -0.2) is 17.8 Å². The van der Waals surface area contributed by atoms with Crippen molar-refractivity contribution in [2.45, 2.75) is 30.3 Å². The Balaban J connectivity index is 1.53. The fourth-order valence-electron chi connectivity index (χ4n) is 3.37. The van der Waals surface area contributed by atoms with Gasteiger partial charge in [-0.05, 0) is 49.2 Å². The van der Waals surface area contributed by atoms with Crippen LogP contribution in [0.4, 0.5) is 9.52 Å². The molecule has 0 saturated carbocycles. The van der Waals surface area contributed by atoms with Crippen molar-refractivity contribution >= 4 is 42.4 Å². The summed E-state index contributed by atoms with van der Waals surface area (Å²) >= 11 is 1.40. The molecule has 6 nitrogen and oxygen atoms in total. The SMILES string of the molecule is O=C(CCS(=O)(=O)c1ccc(F)cc1)N(CC1CCCO1)c1nc2ccccc2s1. The van der Waals surface area contributed by atoms with Gasteiger partial charge in [-0.2, -0.15) is 0 Å². The summed E-state index contributed by atoms with van der Waals surface area (Å²) in [5.41, 5.74) is 0.793. The number of carbonyl (C=O) groups excluding carboxylic acids is 1. The summed E-state index contributed by atoms with van der Waals surface area (Å²) < 4.78 is 44.9. The minimum atomic E-state index is -3.70. The Bertz CT molecular complexity index is 1110. The number of fused-ring (bicyclic) bond motifs is 1. The Morgan fingerprint density at radius 2 is 1.97 bits per heavy atom. The second-order valence-corrected chi connectivity index (χ2v) is 10.2. The molecular weight excluding hydrogens is 427 g/mol. The maximum atomic E-state index is 13.1. The van der Waals surface area contributed by atoms with Gasteiger partial charge in [0.2, 0.25) is 5.91 Å². The molecule has 4 rings (SSSR count). The first kappa shape index (κ1) is 20.9. The van der Waals surface area contributed by atoms with Gasteiger partial charge in [0.15, 0.2) is 15.0 Å². The number of amides is 1. The standard InChI is InChI=1S/C21H21FN2O4S2/c22-15-7-9-17(10-8-15)30(26,27)13-11-20(25)24(14-16-4-3-12-28-16)21-23-18-5-1-2-6-19(18)29-21/h1-2,5-10,16H,3-4,11-14H2. The molecule has 1 aromatic heterocycles. The number of nitrogens with zero attached hydrogens (tertiary/aromatic N) is 2. The summed E-state index contributed by atoms with van der Waals surface area (Å²) in [6.07, 6.45) is 1.51. The van der Waals surface area contributed by atoms with Crippen molar-refractivity contribution in [2.24, 2.45) is 0 Å². The van der Waals surface area contributed by atoms with Crippen LogP contribution in [0.2, 0.25) is 0 Å². The highest BCUT2D eigenvalue weighted by Gasteiger charge is 2.27. The number of sulfone groups is 1. The Labute approximate surface area is 178 Å². The van der Waals surface area contributed by atoms with Gasteiger partial charge < -0.3 is 4.74 Å². The lowest BCUT2D eigenvalue weighted by molar-refractivity contribution is -0.118. The monoisotopic (exact) mass is 448 g/mol. The van der Waals surface area contributed by atoms with E-state index in [1.54, 1.807) is 4.90 Å². The zero-order chi connectivity index (χ0) is 21.1. The number of thiazole rings is 1. The van der Waals surface area contributed by atoms with E-state index in [4.69, 9.17) is 4.74 Å². The van der Waals surface area contributed by atoms with Crippen molar-refractivity contribution in [3.05, 3.63) is 54.3 Å². The van der Waals surface area contributed by atoms with E-state index >= 15 is 0 Å². The van der Waals surface area contributed by atoms with Crippen LogP contribution in [-0.2, 0) is 19.4 Å². The number of para-hydroxylation sites is 1. The molecule has 3 aromatic rings. The van der Waals surface area contributed by atoms with E-state index in [2.05, 4.69) is 4.98 Å². The van der Waals surface area contributed by atoms with E-state index in [0.29, 0.717) is 18.3 Å². The summed E-state index contributed by atoms with van der Waals surface area (Å²) in [6, 6.07) is 12.2. The average molecular weight is 449 g/mol. The predicted octanol–water partition coefficient (Wildman–Crippen LogP) is 3.81. The zero-order valence-corrected chi connectivity index (χ0v) is 17.8. The molecule has 2 heterocycles. The van der Waals surface area contributed by atoms with E-state index in [0.717, 1.165) is 35.2 Å². The van der Waals surface area contributed by atoms with E-state index in [-0.39, 0.29) is 29.1 Å². The molecular formula is C21H21FN2O4S2. The third-order valence-corrected chi connectivity index (χ3v) is 7.77. The Morgan fingerprint density at radius 1 is 1.20 bits per heavy atom. The smallest absolute Gasteiger partial charge is 0.229 e. The van der Waals surface area contributed by atoms with Gasteiger partial charge in [0.1, 0.15) is 5.82 Å². The lowest BCUT2D eigenvalue weighted by Crippen LogP contribution is -2.38. The van der Waals surface area contributed by atoms with Crippen molar-refractivity contribution in [3.63, 3.8) is 0 Å². The van der Waals surface area contributed by atoms with Gasteiger partial charge in [-0.15, -0.1) is 0 Å². The van der Waals surface area contributed by atoms with E-state index in [1.807, 2.05) is 24.3 Å². The van der Waals surface area contributed by atoms with Gasteiger partial charge in [0, 0.05) is 13.0 Å². The molecule has 1 aliphatic rings. The molecule has 1 unspecified atom stereocenters. The first-order chi connectivity index (χ1) is 14.4. The quantitative estimate of drug-likeness (QED) is 0.514. The van der Waals surface area contributed by atoms with Crippen molar-refractivity contribution in [1.29, 1.82) is 0 Å². The van der Waals surface area contributed by atoms with Crippen molar-refractivity contribution in [3.8, 4) is 0 Å². The van der Waals surface area contributed by atoms with Crippen LogP contribution in [0.3, 0.4) is 0 Å². The van der Waals surface area contributed by atoms with E-state index in [1.165, 1.54) is 23.5 Å². The van der Waals surface area contributed by atoms with Gasteiger partial charge in [-0.1, -0.05) is 23.5 Å². The second-order valence-electron chi connectivity index (χ2n) is 7.13. The summed E-state index contributed by atoms with van der Waals surface area (Å²) in [7, 11) is -3.70. The maximum Gasteiger partial charge on any atom is 0.229 e. The molecule has 1 aliphatic heterocycles. The number of rotatable bonds is 7. The Hall–Kier alpha value is -2.36. The Morgan fingerprint density at radius 3 is 2.67 bits per heavy atom. The van der Waals surface area contributed by atoms with Crippen molar-refractivity contribution in [2.75, 3.05) is 23.8 Å². The van der Waals surface area contributed by atoms with Crippen LogP contribution in [-0.4, -0.2) is 44.3 Å². The average Bonchev–Trinajstić information content (AvgIpc) is 3.40. The van der Waals surface area contributed by atoms with Gasteiger partial charge in [0.05, 0.1) is 33.5 Å². The van der Waals surface area contributed by atoms with Crippen molar-refractivity contribution < 1.29 is 22.3 Å². The predicted molar refractivity (Wildman–Crippen MR) is 114 cm³/mol. The molecule has 0 spiro atoms. The molecule has 1 amide bonds. The number of aromatic nitrogens is 1. The fraction of sp³-hybridized carbons (Fsp3) is 0.333. The lowest BCUT2D eigenvalue weighted by atomic mass is 10.2. The molecule has 30 heavy (non-hydrogen) atoms. The number of carbonyl (C=O) groups is 1. The molecule has 9 heteroatoms. The Kier molecular flexibility index (Phi) is 6.12. The summed E-state index contributed by atoms with van der Waals surface area (Å²) in [6.45, 7) is 1.00. The highest BCUT2D eigenvalue weighted by atomic mass is 32.2. The molecule has 0 bridgehead atoms. The van der Waals surface area contributed by atoms with Crippen LogP contribution in [0.25, 0.3) is 10.2 Å². The van der Waals surface area contributed by atoms with Crippen LogP contribution in [0.5, 0.6) is 0 Å². The largest absolute Gasteiger partial charge is 0.376 e. The molecule has 2 aromatic carbocycles. The molecule has 158 valence electrons. The molecule has 0 aliphatic carbocycles. The summed E-state index contributed by atoms with van der Waals surface area (Å²) in [4.78, 5) is 19.2. The lowest BCUT2D eigenvalue weighted by Gasteiger charge is -2.23. The number of halogens is 1. The topological polar surface area (TPSA) is 76.6 Å². The van der Waals surface area contributed by atoms with Crippen LogP contribution in [0.1, 0.15) is 19.3 Å². The minimum Gasteiger partial charge on any atom is -0.376 e. The number of hydrogen-bond acceptors (Lipinski definition) is 6. The van der Waals surface area contributed by atoms with Crippen LogP contribution < -0.4 is 4.90 Å². The van der Waals surface area contributed by atoms with Gasteiger partial charge in [0.25, 0.3) is 0 Å². The van der Waals surface area contributed by atoms with Crippen molar-refractivity contribution in [1.82, 2.24) is 4.98 Å². The minimum absolute atomic E-state index is 0.00219. The van der Waals surface area contributed by atoms with Crippen LogP contribution in [0.15, 0.2) is 53.4 Å². The molecule has 1 saturated heterocycles.